The second kappa shape index (κ2) is 4.64. The fourth-order valence-corrected chi connectivity index (χ4v) is 2.10. The van der Waals surface area contributed by atoms with Gasteiger partial charge in [0.2, 0.25) is 0 Å². The average Bonchev–Trinajstić information content (AvgIpc) is 2.63. The van der Waals surface area contributed by atoms with Crippen molar-refractivity contribution in [2.24, 2.45) is 7.05 Å². The third-order valence-electron chi connectivity index (χ3n) is 2.97. The Morgan fingerprint density at radius 1 is 1.50 bits per heavy atom. The van der Waals surface area contributed by atoms with Crippen molar-refractivity contribution in [1.29, 1.82) is 5.26 Å². The van der Waals surface area contributed by atoms with Crippen molar-refractivity contribution in [2.45, 2.75) is 13.0 Å². The first-order valence-electron chi connectivity index (χ1n) is 5.43. The number of rotatable bonds is 2. The van der Waals surface area contributed by atoms with Crippen LogP contribution in [0.3, 0.4) is 0 Å². The number of aromatic nitrogens is 2. The summed E-state index contributed by atoms with van der Waals surface area (Å²) in [5.41, 5.74) is 1.92. The van der Waals surface area contributed by atoms with E-state index in [9.17, 15) is 5.26 Å². The van der Waals surface area contributed by atoms with Crippen molar-refractivity contribution >= 4 is 0 Å². The lowest BCUT2D eigenvalue weighted by atomic mass is 10.1. The zero-order valence-corrected chi connectivity index (χ0v) is 9.68. The van der Waals surface area contributed by atoms with E-state index in [2.05, 4.69) is 16.0 Å². The van der Waals surface area contributed by atoms with E-state index in [1.807, 2.05) is 18.5 Å². The highest BCUT2D eigenvalue weighted by Gasteiger charge is 2.26. The lowest BCUT2D eigenvalue weighted by Crippen LogP contribution is -2.39. The van der Waals surface area contributed by atoms with Crippen LogP contribution < -0.4 is 0 Å². The molecule has 1 aromatic heterocycles. The van der Waals surface area contributed by atoms with Gasteiger partial charge in [0.15, 0.2) is 0 Å². The highest BCUT2D eigenvalue weighted by atomic mass is 16.5. The van der Waals surface area contributed by atoms with Gasteiger partial charge in [0, 0.05) is 20.1 Å². The van der Waals surface area contributed by atoms with Crippen LogP contribution in [0, 0.1) is 18.3 Å². The summed E-state index contributed by atoms with van der Waals surface area (Å²) in [6, 6.07) is 2.15. The molecule has 1 atom stereocenters. The second-order valence-corrected chi connectivity index (χ2v) is 4.01. The van der Waals surface area contributed by atoms with Crippen LogP contribution in [0.1, 0.15) is 17.4 Å². The molecule has 1 aliphatic rings. The fourth-order valence-electron chi connectivity index (χ4n) is 2.10. The van der Waals surface area contributed by atoms with Crippen molar-refractivity contribution in [3.8, 4) is 6.07 Å². The van der Waals surface area contributed by atoms with Gasteiger partial charge in [-0.05, 0) is 6.92 Å². The summed E-state index contributed by atoms with van der Waals surface area (Å²) in [5.74, 6) is 0. The van der Waals surface area contributed by atoms with E-state index in [4.69, 9.17) is 4.74 Å². The van der Waals surface area contributed by atoms with E-state index in [1.165, 1.54) is 0 Å². The minimum Gasteiger partial charge on any atom is -0.379 e. The van der Waals surface area contributed by atoms with Gasteiger partial charge in [-0.3, -0.25) is 4.90 Å². The van der Waals surface area contributed by atoms with Crippen molar-refractivity contribution in [2.75, 3.05) is 26.3 Å². The highest BCUT2D eigenvalue weighted by molar-refractivity contribution is 5.22. The molecule has 1 unspecified atom stereocenters. The molecule has 0 aromatic carbocycles. The molecule has 2 rings (SSSR count). The van der Waals surface area contributed by atoms with Crippen LogP contribution in [0.15, 0.2) is 6.33 Å². The molecule has 0 aliphatic carbocycles. The first-order chi connectivity index (χ1) is 7.74. The van der Waals surface area contributed by atoms with Crippen LogP contribution >= 0.6 is 0 Å². The lowest BCUT2D eigenvalue weighted by molar-refractivity contribution is 0.0254. The fraction of sp³-hybridized carbons (Fsp3) is 0.636. The van der Waals surface area contributed by atoms with E-state index < -0.39 is 0 Å². The number of nitriles is 1. The third kappa shape index (κ3) is 1.94. The molecular weight excluding hydrogens is 204 g/mol. The zero-order chi connectivity index (χ0) is 11.5. The van der Waals surface area contributed by atoms with E-state index >= 15 is 0 Å². The Bertz CT molecular complexity index is 381. The van der Waals surface area contributed by atoms with Crippen LogP contribution in [0.2, 0.25) is 0 Å². The number of nitrogens with zero attached hydrogens (tertiary/aromatic N) is 4. The minimum absolute atomic E-state index is 0.212. The van der Waals surface area contributed by atoms with Crippen LogP contribution in [0.5, 0.6) is 0 Å². The Morgan fingerprint density at radius 3 is 2.69 bits per heavy atom. The molecule has 1 saturated heterocycles. The quantitative estimate of drug-likeness (QED) is 0.733. The normalized spacial score (nSPS) is 19.3. The van der Waals surface area contributed by atoms with Crippen molar-refractivity contribution < 1.29 is 4.74 Å². The molecule has 5 nitrogen and oxygen atoms in total. The summed E-state index contributed by atoms with van der Waals surface area (Å²) in [4.78, 5) is 6.38. The molecular formula is C11H16N4O. The standard InChI is InChI=1S/C11H16N4O/c1-9-11(14(2)8-13-9)10(7-12)15-3-5-16-6-4-15/h8,10H,3-6H2,1-2H3. The Hall–Kier alpha value is -1.38. The number of imidazole rings is 1. The molecule has 0 radical (unpaired) electrons. The SMILES string of the molecule is Cc1ncn(C)c1C(C#N)N1CCOCC1. The Balaban J connectivity index is 2.25. The van der Waals surface area contributed by atoms with E-state index in [1.54, 1.807) is 6.33 Å². The second-order valence-electron chi connectivity index (χ2n) is 4.01. The monoisotopic (exact) mass is 220 g/mol. The summed E-state index contributed by atoms with van der Waals surface area (Å²) in [6.45, 7) is 4.97. The lowest BCUT2D eigenvalue weighted by Gasteiger charge is -2.30. The van der Waals surface area contributed by atoms with Crippen LogP contribution in [0.4, 0.5) is 0 Å². The van der Waals surface area contributed by atoms with Gasteiger partial charge in [-0.15, -0.1) is 0 Å². The topological polar surface area (TPSA) is 54.1 Å². The first kappa shape index (κ1) is 11.1. The number of hydrogen-bond donors (Lipinski definition) is 0. The average molecular weight is 220 g/mol. The van der Waals surface area contributed by atoms with Crippen LogP contribution in [-0.2, 0) is 11.8 Å². The third-order valence-corrected chi connectivity index (χ3v) is 2.97. The van der Waals surface area contributed by atoms with Crippen LogP contribution in [-0.4, -0.2) is 40.8 Å². The summed E-state index contributed by atoms with van der Waals surface area (Å²) < 4.78 is 7.23. The molecule has 1 fully saturated rings. The van der Waals surface area contributed by atoms with E-state index in [0.717, 1.165) is 24.5 Å². The van der Waals surface area contributed by atoms with Crippen LogP contribution in [0.25, 0.3) is 0 Å². The molecule has 1 aliphatic heterocycles. The molecule has 0 bridgehead atoms. The maximum atomic E-state index is 9.33. The molecule has 1 aromatic rings. The van der Waals surface area contributed by atoms with Crippen molar-refractivity contribution in [3.63, 3.8) is 0 Å². The predicted molar refractivity (Wildman–Crippen MR) is 58.7 cm³/mol. The number of ether oxygens (including phenoxy) is 1. The maximum Gasteiger partial charge on any atom is 0.140 e. The van der Waals surface area contributed by atoms with Gasteiger partial charge in [-0.1, -0.05) is 0 Å². The minimum atomic E-state index is -0.212. The van der Waals surface area contributed by atoms with Gasteiger partial charge in [0.05, 0.1) is 37.0 Å². The Morgan fingerprint density at radius 2 is 2.19 bits per heavy atom. The highest BCUT2D eigenvalue weighted by Crippen LogP contribution is 2.22. The maximum absolute atomic E-state index is 9.33. The van der Waals surface area contributed by atoms with Gasteiger partial charge < -0.3 is 9.30 Å². The Kier molecular flexibility index (Phi) is 3.22. The van der Waals surface area contributed by atoms with Crippen molar-refractivity contribution in [1.82, 2.24) is 14.5 Å². The first-order valence-corrected chi connectivity index (χ1v) is 5.43. The number of aryl methyl sites for hydroxylation is 2. The zero-order valence-electron chi connectivity index (χ0n) is 9.68. The summed E-state index contributed by atoms with van der Waals surface area (Å²) >= 11 is 0. The molecule has 0 saturated carbocycles. The molecule has 2 heterocycles. The van der Waals surface area contributed by atoms with Gasteiger partial charge in [-0.2, -0.15) is 5.26 Å². The van der Waals surface area contributed by atoms with Gasteiger partial charge in [0.25, 0.3) is 0 Å². The molecule has 86 valence electrons. The van der Waals surface area contributed by atoms with Gasteiger partial charge >= 0.3 is 0 Å². The molecule has 16 heavy (non-hydrogen) atoms. The number of hydrogen-bond acceptors (Lipinski definition) is 4. The molecule has 0 N–H and O–H groups in total. The van der Waals surface area contributed by atoms with Gasteiger partial charge in [0.1, 0.15) is 6.04 Å². The largest absolute Gasteiger partial charge is 0.379 e. The summed E-state index contributed by atoms with van der Waals surface area (Å²) in [5, 5.41) is 9.33. The number of morpholine rings is 1. The summed E-state index contributed by atoms with van der Waals surface area (Å²) in [6.07, 6.45) is 1.76. The smallest absolute Gasteiger partial charge is 0.140 e. The Labute approximate surface area is 95.2 Å². The van der Waals surface area contributed by atoms with E-state index in [0.29, 0.717) is 13.2 Å². The van der Waals surface area contributed by atoms with E-state index in [-0.39, 0.29) is 6.04 Å². The summed E-state index contributed by atoms with van der Waals surface area (Å²) in [7, 11) is 1.93. The van der Waals surface area contributed by atoms with Crippen molar-refractivity contribution in [3.05, 3.63) is 17.7 Å². The molecule has 0 amide bonds. The predicted octanol–water partition coefficient (Wildman–Crippen LogP) is 0.625. The molecule has 5 heteroatoms. The van der Waals surface area contributed by atoms with Gasteiger partial charge in [-0.25, -0.2) is 4.98 Å². The molecule has 0 spiro atoms.